The average Bonchev–Trinajstić information content (AvgIpc) is 1.85. The molecule has 0 fully saturated rings. The van der Waals surface area contributed by atoms with E-state index in [9.17, 15) is 4.79 Å². The van der Waals surface area contributed by atoms with Gasteiger partial charge in [-0.3, -0.25) is 0 Å². The molecule has 0 amide bonds. The molecule has 5 N–H and O–H groups in total. The van der Waals surface area contributed by atoms with Gasteiger partial charge in [0, 0.05) is 11.4 Å². The Hall–Kier alpha value is -0.710. The van der Waals surface area contributed by atoms with Crippen molar-refractivity contribution in [3.8, 4) is 0 Å². The van der Waals surface area contributed by atoms with E-state index in [1.165, 1.54) is 18.2 Å². The molecule has 0 saturated heterocycles. The van der Waals surface area contributed by atoms with Gasteiger partial charge in [0.2, 0.25) is 0 Å². The zero-order valence-corrected chi connectivity index (χ0v) is 8.74. The van der Waals surface area contributed by atoms with Crippen LogP contribution < -0.4 is 41.0 Å². The number of carboxylic acids is 1. The van der Waals surface area contributed by atoms with E-state index in [-0.39, 0.29) is 42.2 Å². The first-order valence-corrected chi connectivity index (χ1v) is 2.99. The van der Waals surface area contributed by atoms with Crippen molar-refractivity contribution in [2.24, 2.45) is 0 Å². The minimum atomic E-state index is -1.04. The van der Waals surface area contributed by atoms with Crippen molar-refractivity contribution in [2.75, 3.05) is 11.5 Å². The minimum absolute atomic E-state index is 0. The Kier molecular flexibility index (Phi) is 4.09. The van der Waals surface area contributed by atoms with Gasteiger partial charge in [-0.15, -0.1) is 0 Å². The number of benzene rings is 1. The van der Waals surface area contributed by atoms with E-state index in [0.29, 0.717) is 5.69 Å². The molecule has 0 aliphatic rings. The van der Waals surface area contributed by atoms with E-state index in [0.717, 1.165) is 0 Å². The van der Waals surface area contributed by atoms with Gasteiger partial charge in [-0.2, -0.15) is 0 Å². The molecule has 0 unspecified atom stereocenters. The Labute approximate surface area is 93.3 Å². The van der Waals surface area contributed by atoms with Crippen LogP contribution in [0.1, 0.15) is 11.8 Å². The molecule has 0 saturated carbocycles. The van der Waals surface area contributed by atoms with Crippen LogP contribution in [0.25, 0.3) is 0 Å². The third-order valence-corrected chi connectivity index (χ3v) is 1.31. The second kappa shape index (κ2) is 4.35. The van der Waals surface area contributed by atoms with Crippen molar-refractivity contribution < 1.29 is 40.9 Å². The number of nitrogens with two attached hydrogens (primary N) is 2. The Morgan fingerprint density at radius 3 is 2.42 bits per heavy atom. The van der Waals surface area contributed by atoms with Crippen molar-refractivity contribution >= 4 is 17.3 Å². The Morgan fingerprint density at radius 2 is 2.00 bits per heavy atom. The normalized spacial score (nSPS) is 8.67. The summed E-state index contributed by atoms with van der Waals surface area (Å²) in [6.45, 7) is 0. The SMILES string of the molecule is Nc1ccc(C(=O)O)c(N)c1.[H-].[Na+]. The van der Waals surface area contributed by atoms with Gasteiger partial charge in [0.1, 0.15) is 0 Å². The molecule has 0 spiro atoms. The Bertz CT molecular complexity index is 307. The van der Waals surface area contributed by atoms with E-state index in [1.807, 2.05) is 0 Å². The van der Waals surface area contributed by atoms with Crippen molar-refractivity contribution in [2.45, 2.75) is 0 Å². The number of anilines is 2. The Balaban J connectivity index is 0. The zero-order valence-electron chi connectivity index (χ0n) is 7.74. The van der Waals surface area contributed by atoms with Gasteiger partial charge in [-0.1, -0.05) is 0 Å². The number of rotatable bonds is 1. The van der Waals surface area contributed by atoms with Crippen LogP contribution in [-0.2, 0) is 0 Å². The third kappa shape index (κ3) is 2.41. The summed E-state index contributed by atoms with van der Waals surface area (Å²) < 4.78 is 0. The first-order chi connectivity index (χ1) is 5.11. The number of nitrogen functional groups attached to an aromatic ring is 2. The maximum Gasteiger partial charge on any atom is 1.00 e. The first kappa shape index (κ1) is 11.3. The molecule has 4 nitrogen and oxygen atoms in total. The molecule has 0 heterocycles. The molecule has 60 valence electrons. The zero-order chi connectivity index (χ0) is 8.43. The van der Waals surface area contributed by atoms with Gasteiger partial charge in [0.05, 0.1) is 5.56 Å². The standard InChI is InChI=1S/C7H8N2O2.Na.H/c8-4-1-2-5(7(10)11)6(9)3-4;;/h1-3H,8-9H2,(H,10,11);;/q;+1;-1. The summed E-state index contributed by atoms with van der Waals surface area (Å²) in [7, 11) is 0. The molecule has 1 rings (SSSR count). The predicted molar refractivity (Wildman–Crippen MR) is 43.3 cm³/mol. The van der Waals surface area contributed by atoms with Crippen molar-refractivity contribution in [1.82, 2.24) is 0 Å². The molecule has 1 aromatic carbocycles. The van der Waals surface area contributed by atoms with Crippen LogP contribution in [0.15, 0.2) is 18.2 Å². The molecule has 1 aromatic rings. The van der Waals surface area contributed by atoms with Crippen LogP contribution in [0.5, 0.6) is 0 Å². The molecule has 0 bridgehead atoms. The number of carboxylic acid groups (broad SMARTS) is 1. The third-order valence-electron chi connectivity index (χ3n) is 1.31. The molecule has 0 aromatic heterocycles. The summed E-state index contributed by atoms with van der Waals surface area (Å²) in [6, 6.07) is 4.30. The maximum absolute atomic E-state index is 10.4. The summed E-state index contributed by atoms with van der Waals surface area (Å²) in [5.41, 5.74) is 11.5. The largest absolute Gasteiger partial charge is 1.00 e. The smallest absolute Gasteiger partial charge is 1.00 e. The van der Waals surface area contributed by atoms with Gasteiger partial charge in [-0.25, -0.2) is 4.79 Å². The molecular weight excluding hydrogens is 167 g/mol. The second-order valence-electron chi connectivity index (χ2n) is 2.15. The van der Waals surface area contributed by atoms with Crippen LogP contribution in [0, 0.1) is 0 Å². The molecule has 0 radical (unpaired) electrons. The van der Waals surface area contributed by atoms with Crippen LogP contribution in [0.3, 0.4) is 0 Å². The predicted octanol–water partition coefficient (Wildman–Crippen LogP) is -2.33. The average molecular weight is 176 g/mol. The van der Waals surface area contributed by atoms with E-state index in [4.69, 9.17) is 16.6 Å². The monoisotopic (exact) mass is 176 g/mol. The van der Waals surface area contributed by atoms with Crippen LogP contribution in [0.4, 0.5) is 11.4 Å². The molecule has 5 heteroatoms. The van der Waals surface area contributed by atoms with E-state index in [1.54, 1.807) is 0 Å². The topological polar surface area (TPSA) is 89.3 Å². The van der Waals surface area contributed by atoms with Crippen molar-refractivity contribution in [3.63, 3.8) is 0 Å². The Morgan fingerprint density at radius 1 is 1.42 bits per heavy atom. The van der Waals surface area contributed by atoms with Crippen molar-refractivity contribution in [1.29, 1.82) is 0 Å². The van der Waals surface area contributed by atoms with Crippen molar-refractivity contribution in [3.05, 3.63) is 23.8 Å². The molecule has 0 aliphatic carbocycles. The maximum atomic E-state index is 10.4. The fourth-order valence-electron chi connectivity index (χ4n) is 0.776. The van der Waals surface area contributed by atoms with Gasteiger partial charge in [-0.05, 0) is 18.2 Å². The quantitative estimate of drug-likeness (QED) is 0.330. The number of aromatic carboxylic acids is 1. The fourth-order valence-corrected chi connectivity index (χ4v) is 0.776. The fraction of sp³-hybridized carbons (Fsp3) is 0. The second-order valence-corrected chi connectivity index (χ2v) is 2.15. The minimum Gasteiger partial charge on any atom is -1.00 e. The summed E-state index contributed by atoms with van der Waals surface area (Å²) >= 11 is 0. The molecule has 0 atom stereocenters. The van der Waals surface area contributed by atoms with Crippen LogP contribution >= 0.6 is 0 Å². The van der Waals surface area contributed by atoms with Gasteiger partial charge >= 0.3 is 35.5 Å². The number of carbonyl (C=O) groups is 1. The van der Waals surface area contributed by atoms with E-state index in [2.05, 4.69) is 0 Å². The van der Waals surface area contributed by atoms with Gasteiger partial charge < -0.3 is 18.0 Å². The molecule has 12 heavy (non-hydrogen) atoms. The number of hydrogen-bond acceptors (Lipinski definition) is 3. The summed E-state index contributed by atoms with van der Waals surface area (Å²) in [5.74, 6) is -1.04. The summed E-state index contributed by atoms with van der Waals surface area (Å²) in [6.07, 6.45) is 0. The van der Waals surface area contributed by atoms with Gasteiger partial charge in [0.25, 0.3) is 0 Å². The molecular formula is C7H9N2NaO2. The number of hydrogen-bond donors (Lipinski definition) is 3. The van der Waals surface area contributed by atoms with Crippen LogP contribution in [0.2, 0.25) is 0 Å². The van der Waals surface area contributed by atoms with E-state index < -0.39 is 5.97 Å². The molecule has 0 aliphatic heterocycles. The van der Waals surface area contributed by atoms with Gasteiger partial charge in [0.15, 0.2) is 0 Å². The first-order valence-electron chi connectivity index (χ1n) is 2.99. The summed E-state index contributed by atoms with van der Waals surface area (Å²) in [5, 5.41) is 8.54. The van der Waals surface area contributed by atoms with Crippen LogP contribution in [-0.4, -0.2) is 11.1 Å². The summed E-state index contributed by atoms with van der Waals surface area (Å²) in [4.78, 5) is 10.4. The van der Waals surface area contributed by atoms with E-state index >= 15 is 0 Å².